The van der Waals surface area contributed by atoms with E-state index in [1.807, 2.05) is 32.0 Å². The van der Waals surface area contributed by atoms with Crippen LogP contribution < -0.4 is 10.2 Å². The summed E-state index contributed by atoms with van der Waals surface area (Å²) in [6.45, 7) is 4.13. The molecule has 0 saturated carbocycles. The lowest BCUT2D eigenvalue weighted by Crippen LogP contribution is -2.28. The summed E-state index contributed by atoms with van der Waals surface area (Å²) in [6, 6.07) is 8.61. The van der Waals surface area contributed by atoms with E-state index in [1.165, 1.54) is 0 Å². The molecule has 0 aliphatic carbocycles. The number of aryl methyl sites for hydroxylation is 2. The third kappa shape index (κ3) is 3.84. The molecule has 1 unspecified atom stereocenters. The van der Waals surface area contributed by atoms with Gasteiger partial charge in [-0.3, -0.25) is 9.59 Å². The second-order valence-electron chi connectivity index (χ2n) is 6.40. The van der Waals surface area contributed by atoms with Crippen LogP contribution in [-0.2, 0) is 9.59 Å². The number of carbonyl (C=O) groups excluding carboxylic acids is 2. The number of hydrogen-bond acceptors (Lipinski definition) is 2. The predicted molar refractivity (Wildman–Crippen MR) is 91.4 cm³/mol. The van der Waals surface area contributed by atoms with Gasteiger partial charge in [0.15, 0.2) is 0 Å². The topological polar surface area (TPSA) is 49.4 Å². The zero-order chi connectivity index (χ0) is 18.1. The number of carbonyl (C=O) groups is 2. The lowest BCUT2D eigenvalue weighted by atomic mass is 10.1. The fraction of sp³-hybridized carbons (Fsp3) is 0.263. The molecular weight excluding hydrogens is 326 g/mol. The minimum atomic E-state index is -0.769. The van der Waals surface area contributed by atoms with Crippen LogP contribution in [-0.4, -0.2) is 18.4 Å². The van der Waals surface area contributed by atoms with Crippen LogP contribution in [0.5, 0.6) is 0 Å². The Morgan fingerprint density at radius 3 is 2.24 bits per heavy atom. The fourth-order valence-electron chi connectivity index (χ4n) is 3.11. The molecule has 1 fully saturated rings. The molecule has 1 heterocycles. The smallest absolute Gasteiger partial charge is 0.229 e. The molecule has 1 aliphatic heterocycles. The van der Waals surface area contributed by atoms with Crippen LogP contribution in [0.3, 0.4) is 0 Å². The van der Waals surface area contributed by atoms with Crippen LogP contribution in [0.2, 0.25) is 0 Å². The Kier molecular flexibility index (Phi) is 4.53. The standard InChI is InChI=1S/C19H18F2N2O2/c1-11-3-12(2)5-17(4-11)23-10-13(6-18(23)24)19(25)22-16-8-14(20)7-15(21)9-16/h3-5,7-9,13H,6,10H2,1-2H3,(H,22,25). The molecule has 6 heteroatoms. The van der Waals surface area contributed by atoms with E-state index in [1.54, 1.807) is 4.90 Å². The Balaban J connectivity index is 1.74. The molecule has 1 atom stereocenters. The molecule has 1 aliphatic rings. The van der Waals surface area contributed by atoms with E-state index in [-0.39, 0.29) is 24.6 Å². The van der Waals surface area contributed by atoms with Crippen LogP contribution in [0, 0.1) is 31.4 Å². The van der Waals surface area contributed by atoms with Crippen LogP contribution in [0.15, 0.2) is 36.4 Å². The van der Waals surface area contributed by atoms with E-state index in [0.29, 0.717) is 0 Å². The van der Waals surface area contributed by atoms with E-state index in [9.17, 15) is 18.4 Å². The van der Waals surface area contributed by atoms with Gasteiger partial charge in [0.25, 0.3) is 0 Å². The lowest BCUT2D eigenvalue weighted by Gasteiger charge is -2.18. The van der Waals surface area contributed by atoms with E-state index in [4.69, 9.17) is 0 Å². The molecule has 0 radical (unpaired) electrons. The number of anilines is 2. The van der Waals surface area contributed by atoms with E-state index in [0.717, 1.165) is 35.0 Å². The van der Waals surface area contributed by atoms with Gasteiger partial charge in [-0.25, -0.2) is 8.78 Å². The Hall–Kier alpha value is -2.76. The quantitative estimate of drug-likeness (QED) is 0.925. The molecule has 2 aromatic rings. The maximum atomic E-state index is 13.2. The highest BCUT2D eigenvalue weighted by molar-refractivity contribution is 6.03. The molecule has 0 aromatic heterocycles. The van der Waals surface area contributed by atoms with Crippen molar-refractivity contribution in [2.75, 3.05) is 16.8 Å². The zero-order valence-electron chi connectivity index (χ0n) is 14.0. The largest absolute Gasteiger partial charge is 0.326 e. The van der Waals surface area contributed by atoms with Crippen molar-refractivity contribution in [2.24, 2.45) is 5.92 Å². The zero-order valence-corrected chi connectivity index (χ0v) is 14.0. The first kappa shape index (κ1) is 17.1. The molecule has 0 bridgehead atoms. The van der Waals surface area contributed by atoms with Gasteiger partial charge in [0, 0.05) is 30.4 Å². The van der Waals surface area contributed by atoms with Crippen LogP contribution in [0.25, 0.3) is 0 Å². The maximum absolute atomic E-state index is 13.2. The first-order chi connectivity index (χ1) is 11.8. The van der Waals surface area contributed by atoms with Gasteiger partial charge >= 0.3 is 0 Å². The molecule has 130 valence electrons. The van der Waals surface area contributed by atoms with Crippen molar-refractivity contribution in [1.29, 1.82) is 0 Å². The fourth-order valence-corrected chi connectivity index (χ4v) is 3.11. The number of nitrogens with one attached hydrogen (secondary N) is 1. The number of rotatable bonds is 3. The Labute approximate surface area is 144 Å². The third-order valence-corrected chi connectivity index (χ3v) is 4.14. The van der Waals surface area contributed by atoms with Gasteiger partial charge in [0.1, 0.15) is 11.6 Å². The number of amides is 2. The summed E-state index contributed by atoms with van der Waals surface area (Å²) in [4.78, 5) is 26.2. The van der Waals surface area contributed by atoms with E-state index >= 15 is 0 Å². The van der Waals surface area contributed by atoms with Gasteiger partial charge in [-0.15, -0.1) is 0 Å². The number of benzene rings is 2. The molecular formula is C19H18F2N2O2. The number of hydrogen-bond donors (Lipinski definition) is 1. The van der Waals surface area contributed by atoms with Crippen molar-refractivity contribution < 1.29 is 18.4 Å². The highest BCUT2D eigenvalue weighted by atomic mass is 19.1. The Morgan fingerprint density at radius 2 is 1.64 bits per heavy atom. The molecule has 2 aromatic carbocycles. The summed E-state index contributed by atoms with van der Waals surface area (Å²) in [5, 5.41) is 2.48. The van der Waals surface area contributed by atoms with Gasteiger partial charge in [-0.2, -0.15) is 0 Å². The summed E-state index contributed by atoms with van der Waals surface area (Å²) < 4.78 is 26.4. The van der Waals surface area contributed by atoms with E-state index < -0.39 is 23.5 Å². The highest BCUT2D eigenvalue weighted by Gasteiger charge is 2.35. The van der Waals surface area contributed by atoms with Crippen molar-refractivity contribution in [3.63, 3.8) is 0 Å². The average molecular weight is 344 g/mol. The van der Waals surface area contributed by atoms with Crippen molar-refractivity contribution >= 4 is 23.2 Å². The van der Waals surface area contributed by atoms with E-state index in [2.05, 4.69) is 5.32 Å². The number of nitrogens with zero attached hydrogens (tertiary/aromatic N) is 1. The molecule has 25 heavy (non-hydrogen) atoms. The normalized spacial score (nSPS) is 17.0. The highest BCUT2D eigenvalue weighted by Crippen LogP contribution is 2.28. The average Bonchev–Trinajstić information content (AvgIpc) is 2.87. The summed E-state index contributed by atoms with van der Waals surface area (Å²) in [6.07, 6.45) is 0.0661. The molecule has 3 rings (SSSR count). The van der Waals surface area contributed by atoms with Gasteiger partial charge in [0.2, 0.25) is 11.8 Å². The van der Waals surface area contributed by atoms with Crippen molar-refractivity contribution in [2.45, 2.75) is 20.3 Å². The van der Waals surface area contributed by atoms with Crippen molar-refractivity contribution in [3.05, 3.63) is 59.2 Å². The first-order valence-corrected chi connectivity index (χ1v) is 7.97. The van der Waals surface area contributed by atoms with Gasteiger partial charge < -0.3 is 10.2 Å². The van der Waals surface area contributed by atoms with Gasteiger partial charge in [-0.1, -0.05) is 6.07 Å². The van der Waals surface area contributed by atoms with Crippen LogP contribution in [0.1, 0.15) is 17.5 Å². The SMILES string of the molecule is Cc1cc(C)cc(N2CC(C(=O)Nc3cc(F)cc(F)c3)CC2=O)c1. The lowest BCUT2D eigenvalue weighted by molar-refractivity contribution is -0.122. The summed E-state index contributed by atoms with van der Waals surface area (Å²) in [7, 11) is 0. The summed E-state index contributed by atoms with van der Waals surface area (Å²) in [5.41, 5.74) is 2.87. The molecule has 2 amide bonds. The summed E-state index contributed by atoms with van der Waals surface area (Å²) >= 11 is 0. The van der Waals surface area contributed by atoms with Crippen molar-refractivity contribution in [3.8, 4) is 0 Å². The molecule has 0 spiro atoms. The Morgan fingerprint density at radius 1 is 1.04 bits per heavy atom. The minimum Gasteiger partial charge on any atom is -0.326 e. The predicted octanol–water partition coefficient (Wildman–Crippen LogP) is 3.57. The van der Waals surface area contributed by atoms with Crippen LogP contribution >= 0.6 is 0 Å². The first-order valence-electron chi connectivity index (χ1n) is 7.97. The van der Waals surface area contributed by atoms with Gasteiger partial charge in [0.05, 0.1) is 5.92 Å². The minimum absolute atomic E-state index is 0.0415. The second-order valence-corrected chi connectivity index (χ2v) is 6.40. The number of halogens is 2. The monoisotopic (exact) mass is 344 g/mol. The second kappa shape index (κ2) is 6.63. The van der Waals surface area contributed by atoms with Gasteiger partial charge in [-0.05, 0) is 49.2 Å². The third-order valence-electron chi connectivity index (χ3n) is 4.14. The molecule has 1 saturated heterocycles. The molecule has 1 N–H and O–H groups in total. The van der Waals surface area contributed by atoms with Crippen LogP contribution in [0.4, 0.5) is 20.2 Å². The maximum Gasteiger partial charge on any atom is 0.229 e. The molecule has 4 nitrogen and oxygen atoms in total. The Bertz CT molecular complexity index is 811. The summed E-state index contributed by atoms with van der Waals surface area (Å²) in [5.74, 6) is -2.68. The van der Waals surface area contributed by atoms with Crippen molar-refractivity contribution in [1.82, 2.24) is 0 Å².